The van der Waals surface area contributed by atoms with Gasteiger partial charge in [-0.2, -0.15) is 11.8 Å². The number of nitrogens with one attached hydrogen (secondary N) is 1. The molecule has 98 valence electrons. The van der Waals surface area contributed by atoms with Crippen LogP contribution >= 0.6 is 11.8 Å². The van der Waals surface area contributed by atoms with E-state index in [1.54, 1.807) is 0 Å². The van der Waals surface area contributed by atoms with Crippen LogP contribution in [0, 0.1) is 5.92 Å². The fourth-order valence-corrected chi connectivity index (χ4v) is 5.29. The highest BCUT2D eigenvalue weighted by atomic mass is 32.2. The van der Waals surface area contributed by atoms with Crippen molar-refractivity contribution >= 4 is 11.8 Å². The lowest BCUT2D eigenvalue weighted by molar-refractivity contribution is -0.0942. The number of morpholine rings is 1. The van der Waals surface area contributed by atoms with Crippen molar-refractivity contribution in [2.75, 3.05) is 24.7 Å². The molecule has 2 atom stereocenters. The van der Waals surface area contributed by atoms with Crippen molar-refractivity contribution < 1.29 is 4.74 Å². The van der Waals surface area contributed by atoms with Crippen molar-refractivity contribution in [2.45, 2.75) is 56.6 Å². The fourth-order valence-electron chi connectivity index (χ4n) is 3.91. The Kier molecular flexibility index (Phi) is 3.98. The maximum absolute atomic E-state index is 6.25. The van der Waals surface area contributed by atoms with Gasteiger partial charge in [0.15, 0.2) is 0 Å². The summed E-state index contributed by atoms with van der Waals surface area (Å²) in [5.74, 6) is 3.39. The average molecular weight is 255 g/mol. The van der Waals surface area contributed by atoms with E-state index in [0.29, 0.717) is 6.04 Å². The van der Waals surface area contributed by atoms with E-state index < -0.39 is 0 Å². The Hall–Kier alpha value is 0.270. The van der Waals surface area contributed by atoms with Gasteiger partial charge in [0.2, 0.25) is 0 Å². The van der Waals surface area contributed by atoms with Crippen molar-refractivity contribution in [1.29, 1.82) is 0 Å². The van der Waals surface area contributed by atoms with Crippen molar-refractivity contribution in [1.82, 2.24) is 5.32 Å². The van der Waals surface area contributed by atoms with Crippen molar-refractivity contribution in [3.63, 3.8) is 0 Å². The molecule has 0 aromatic heterocycles. The lowest BCUT2D eigenvalue weighted by atomic mass is 9.79. The summed E-state index contributed by atoms with van der Waals surface area (Å²) >= 11 is 2.09. The third-order valence-corrected chi connectivity index (χ3v) is 6.00. The summed E-state index contributed by atoms with van der Waals surface area (Å²) in [6.07, 6.45) is 9.89. The van der Waals surface area contributed by atoms with E-state index in [4.69, 9.17) is 4.74 Å². The van der Waals surface area contributed by atoms with Gasteiger partial charge in [0, 0.05) is 18.3 Å². The summed E-state index contributed by atoms with van der Waals surface area (Å²) < 4.78 is 6.25. The monoisotopic (exact) mass is 255 g/mol. The molecule has 0 aromatic carbocycles. The van der Waals surface area contributed by atoms with Gasteiger partial charge in [0.05, 0.1) is 12.2 Å². The maximum Gasteiger partial charge on any atom is 0.0935 e. The Morgan fingerprint density at radius 2 is 1.94 bits per heavy atom. The second kappa shape index (κ2) is 5.50. The first-order valence-electron chi connectivity index (χ1n) is 7.36. The molecule has 3 rings (SSSR count). The fraction of sp³-hybridized carbons (Fsp3) is 1.00. The molecule has 3 fully saturated rings. The summed E-state index contributed by atoms with van der Waals surface area (Å²) in [4.78, 5) is 0. The molecule has 3 aliphatic rings. The van der Waals surface area contributed by atoms with E-state index in [1.165, 1.54) is 56.5 Å². The Morgan fingerprint density at radius 3 is 2.65 bits per heavy atom. The van der Waals surface area contributed by atoms with Crippen molar-refractivity contribution in [3.05, 3.63) is 0 Å². The quantitative estimate of drug-likeness (QED) is 0.728. The molecule has 17 heavy (non-hydrogen) atoms. The minimum Gasteiger partial charge on any atom is -0.371 e. The summed E-state index contributed by atoms with van der Waals surface area (Å²) in [6, 6.07) is 0.643. The van der Waals surface area contributed by atoms with Gasteiger partial charge in [0.1, 0.15) is 0 Å². The molecule has 0 aromatic rings. The van der Waals surface area contributed by atoms with Crippen LogP contribution in [-0.2, 0) is 4.74 Å². The van der Waals surface area contributed by atoms with Gasteiger partial charge in [-0.3, -0.25) is 0 Å². The highest BCUT2D eigenvalue weighted by Crippen LogP contribution is 2.41. The molecule has 1 aliphatic carbocycles. The molecule has 3 heteroatoms. The maximum atomic E-state index is 6.25. The topological polar surface area (TPSA) is 21.3 Å². The SMILES string of the molecule is C1CCCC(C2NCCOC23CCSC3)CC1. The average Bonchev–Trinajstić information content (AvgIpc) is 2.66. The number of hydrogen-bond donors (Lipinski definition) is 1. The Labute approximate surface area is 109 Å². The van der Waals surface area contributed by atoms with Crippen LogP contribution < -0.4 is 5.32 Å². The van der Waals surface area contributed by atoms with Crippen molar-refractivity contribution in [3.8, 4) is 0 Å². The Bertz CT molecular complexity index is 245. The highest BCUT2D eigenvalue weighted by Gasteiger charge is 2.47. The number of thioether (sulfide) groups is 1. The van der Waals surface area contributed by atoms with Crippen molar-refractivity contribution in [2.24, 2.45) is 5.92 Å². The highest BCUT2D eigenvalue weighted by molar-refractivity contribution is 7.99. The normalized spacial score (nSPS) is 40.6. The predicted molar refractivity (Wildman–Crippen MR) is 73.6 cm³/mol. The van der Waals surface area contributed by atoms with Crippen LogP contribution in [-0.4, -0.2) is 36.3 Å². The summed E-state index contributed by atoms with van der Waals surface area (Å²) in [6.45, 7) is 1.98. The van der Waals surface area contributed by atoms with Crippen LogP contribution in [0.15, 0.2) is 0 Å². The van der Waals surface area contributed by atoms with E-state index in [1.807, 2.05) is 0 Å². The third kappa shape index (κ3) is 2.52. The van der Waals surface area contributed by atoms with Crippen LogP contribution in [0.2, 0.25) is 0 Å². The Balaban J connectivity index is 1.73. The first kappa shape index (κ1) is 12.3. The van der Waals surface area contributed by atoms with E-state index >= 15 is 0 Å². The van der Waals surface area contributed by atoms with Crippen LogP contribution in [0.4, 0.5) is 0 Å². The number of rotatable bonds is 1. The van der Waals surface area contributed by atoms with Crippen LogP contribution in [0.5, 0.6) is 0 Å². The first-order valence-corrected chi connectivity index (χ1v) is 8.51. The Morgan fingerprint density at radius 1 is 1.12 bits per heavy atom. The molecule has 2 aliphatic heterocycles. The molecular weight excluding hydrogens is 230 g/mol. The van der Waals surface area contributed by atoms with Crippen LogP contribution in [0.1, 0.15) is 44.9 Å². The predicted octanol–water partition coefficient (Wildman–Crippen LogP) is 2.82. The van der Waals surface area contributed by atoms with Gasteiger partial charge in [-0.25, -0.2) is 0 Å². The zero-order valence-electron chi connectivity index (χ0n) is 10.7. The largest absolute Gasteiger partial charge is 0.371 e. The molecule has 0 bridgehead atoms. The molecule has 2 saturated heterocycles. The number of ether oxygens (including phenoxy) is 1. The second-order valence-corrected chi connectivity index (χ2v) is 7.00. The van der Waals surface area contributed by atoms with Gasteiger partial charge < -0.3 is 10.1 Å². The second-order valence-electron chi connectivity index (χ2n) is 5.90. The standard InChI is InChI=1S/C14H25NOS/c1-2-4-6-12(5-3-1)13-14(7-10-17-11-14)16-9-8-15-13/h12-13,15H,1-11H2. The minimum atomic E-state index is 0.192. The van der Waals surface area contributed by atoms with E-state index in [9.17, 15) is 0 Å². The van der Waals surface area contributed by atoms with Gasteiger partial charge in [-0.05, 0) is 30.9 Å². The smallest absolute Gasteiger partial charge is 0.0935 e. The van der Waals surface area contributed by atoms with Crippen LogP contribution in [0.3, 0.4) is 0 Å². The minimum absolute atomic E-state index is 0.192. The molecular formula is C14H25NOS. The summed E-state index contributed by atoms with van der Waals surface area (Å²) in [7, 11) is 0. The van der Waals surface area contributed by atoms with E-state index in [0.717, 1.165) is 19.1 Å². The summed E-state index contributed by atoms with van der Waals surface area (Å²) in [5, 5.41) is 3.81. The van der Waals surface area contributed by atoms with E-state index in [2.05, 4.69) is 17.1 Å². The van der Waals surface area contributed by atoms with Crippen LogP contribution in [0.25, 0.3) is 0 Å². The van der Waals surface area contributed by atoms with Gasteiger partial charge in [-0.15, -0.1) is 0 Å². The molecule has 1 N–H and O–H groups in total. The summed E-state index contributed by atoms with van der Waals surface area (Å²) in [5.41, 5.74) is 0.192. The van der Waals surface area contributed by atoms with Gasteiger partial charge in [0.25, 0.3) is 0 Å². The third-order valence-electron chi connectivity index (χ3n) is 4.81. The lowest BCUT2D eigenvalue weighted by Gasteiger charge is -2.45. The molecule has 2 nitrogen and oxygen atoms in total. The molecule has 0 amide bonds. The van der Waals surface area contributed by atoms with E-state index in [-0.39, 0.29) is 5.60 Å². The molecule has 1 saturated carbocycles. The molecule has 0 radical (unpaired) electrons. The zero-order chi connectivity index (χ0) is 11.6. The molecule has 2 heterocycles. The zero-order valence-corrected chi connectivity index (χ0v) is 11.6. The molecule has 1 spiro atoms. The van der Waals surface area contributed by atoms with Gasteiger partial charge >= 0.3 is 0 Å². The lowest BCUT2D eigenvalue weighted by Crippen LogP contribution is -2.61. The number of hydrogen-bond acceptors (Lipinski definition) is 3. The first-order chi connectivity index (χ1) is 8.41. The van der Waals surface area contributed by atoms with Gasteiger partial charge in [-0.1, -0.05) is 25.7 Å². The molecule has 2 unspecified atom stereocenters.